The van der Waals surface area contributed by atoms with Crippen molar-refractivity contribution in [3.63, 3.8) is 0 Å². The van der Waals surface area contributed by atoms with Crippen molar-refractivity contribution in [2.45, 2.75) is 25.1 Å². The Kier molecular flexibility index (Phi) is 7.71. The number of carbonyl (C=O) groups is 3. The number of rotatable bonds is 4. The molecular formula is C23H23ClF3N3O4. The van der Waals surface area contributed by atoms with Crippen LogP contribution in [0.1, 0.15) is 28.8 Å². The maximum absolute atomic E-state index is 13.0. The average Bonchev–Trinajstić information content (AvgIpc) is 2.79. The van der Waals surface area contributed by atoms with Gasteiger partial charge in [-0.2, -0.15) is 13.2 Å². The number of hydrogen-bond acceptors (Lipinski definition) is 4. The van der Waals surface area contributed by atoms with Crippen LogP contribution in [0.5, 0.6) is 5.75 Å². The van der Waals surface area contributed by atoms with Gasteiger partial charge in [0.05, 0.1) is 16.1 Å². The lowest BCUT2D eigenvalue weighted by Gasteiger charge is -2.32. The molecule has 0 unspecified atom stereocenters. The van der Waals surface area contributed by atoms with Gasteiger partial charge < -0.3 is 19.9 Å². The van der Waals surface area contributed by atoms with Gasteiger partial charge in [-0.3, -0.25) is 14.4 Å². The number of ether oxygens (including phenoxy) is 1. The Bertz CT molecular complexity index is 1070. The molecule has 2 aromatic carbocycles. The van der Waals surface area contributed by atoms with Crippen molar-refractivity contribution in [3.8, 4) is 5.75 Å². The zero-order chi connectivity index (χ0) is 25.0. The van der Waals surface area contributed by atoms with Crippen LogP contribution in [0, 0.1) is 0 Å². The Morgan fingerprint density at radius 1 is 1.06 bits per heavy atom. The lowest BCUT2D eigenvalue weighted by Crippen LogP contribution is -2.42. The number of amides is 3. The summed E-state index contributed by atoms with van der Waals surface area (Å²) in [6.45, 7) is 0.715. The Balaban J connectivity index is 1.59. The number of nitrogens with one attached hydrogen (secondary N) is 1. The Hall–Kier alpha value is -3.27. The number of piperidine rings is 1. The van der Waals surface area contributed by atoms with Crippen LogP contribution in [-0.2, 0) is 15.8 Å². The summed E-state index contributed by atoms with van der Waals surface area (Å²) in [5, 5.41) is 2.65. The minimum Gasteiger partial charge on any atom is -0.490 e. The van der Waals surface area contributed by atoms with Crippen molar-refractivity contribution in [1.82, 2.24) is 9.80 Å². The molecule has 0 saturated carbocycles. The van der Waals surface area contributed by atoms with Crippen LogP contribution >= 0.6 is 11.6 Å². The fraction of sp³-hybridized carbons (Fsp3) is 0.348. The number of benzene rings is 2. The first-order chi connectivity index (χ1) is 16.0. The van der Waals surface area contributed by atoms with Gasteiger partial charge in [0.15, 0.2) is 0 Å². The number of hydrogen-bond donors (Lipinski definition) is 1. The quantitative estimate of drug-likeness (QED) is 0.646. The van der Waals surface area contributed by atoms with Crippen molar-refractivity contribution in [2.75, 3.05) is 32.5 Å². The normalized spacial score (nSPS) is 14.5. The van der Waals surface area contributed by atoms with Crippen LogP contribution in [0.3, 0.4) is 0 Å². The molecule has 0 atom stereocenters. The Morgan fingerprint density at radius 2 is 1.68 bits per heavy atom. The largest absolute Gasteiger partial charge is 0.490 e. The zero-order valence-electron chi connectivity index (χ0n) is 18.5. The molecule has 2 aromatic rings. The number of likely N-dealkylation sites (N-methyl/N-ethyl adjacent to an activating group) is 1. The molecule has 0 bridgehead atoms. The van der Waals surface area contributed by atoms with Crippen molar-refractivity contribution >= 4 is 35.0 Å². The van der Waals surface area contributed by atoms with Gasteiger partial charge in [-0.25, -0.2) is 0 Å². The van der Waals surface area contributed by atoms with Crippen LogP contribution in [-0.4, -0.2) is 60.8 Å². The second-order valence-electron chi connectivity index (χ2n) is 7.98. The van der Waals surface area contributed by atoms with Crippen molar-refractivity contribution < 1.29 is 32.3 Å². The smallest absolute Gasteiger partial charge is 0.416 e. The van der Waals surface area contributed by atoms with E-state index >= 15 is 0 Å². The van der Waals surface area contributed by atoms with Gasteiger partial charge in [-0.05, 0) is 42.5 Å². The van der Waals surface area contributed by atoms with E-state index in [0.717, 1.165) is 17.0 Å². The minimum absolute atomic E-state index is 0.180. The Morgan fingerprint density at radius 3 is 2.24 bits per heavy atom. The van der Waals surface area contributed by atoms with Crippen molar-refractivity contribution in [2.24, 2.45) is 0 Å². The van der Waals surface area contributed by atoms with Gasteiger partial charge in [0.25, 0.3) is 5.91 Å². The molecule has 0 radical (unpaired) electrons. The molecule has 182 valence electrons. The summed E-state index contributed by atoms with van der Waals surface area (Å²) in [6, 6.07) is 8.86. The summed E-state index contributed by atoms with van der Waals surface area (Å²) in [7, 11) is 2.90. The molecule has 3 rings (SSSR count). The fourth-order valence-corrected chi connectivity index (χ4v) is 3.61. The lowest BCUT2D eigenvalue weighted by atomic mass is 10.1. The van der Waals surface area contributed by atoms with Gasteiger partial charge in [-0.1, -0.05) is 11.6 Å². The van der Waals surface area contributed by atoms with E-state index in [1.54, 1.807) is 4.90 Å². The zero-order valence-corrected chi connectivity index (χ0v) is 19.2. The molecular weight excluding hydrogens is 475 g/mol. The fourth-order valence-electron chi connectivity index (χ4n) is 3.42. The summed E-state index contributed by atoms with van der Waals surface area (Å²) in [5.74, 6) is -1.59. The third-order valence-corrected chi connectivity index (χ3v) is 5.60. The summed E-state index contributed by atoms with van der Waals surface area (Å²) >= 11 is 6.20. The van der Waals surface area contributed by atoms with Gasteiger partial charge in [0.1, 0.15) is 11.9 Å². The summed E-state index contributed by atoms with van der Waals surface area (Å²) in [6.07, 6.45) is -3.69. The maximum atomic E-state index is 13.0. The number of nitrogens with zero attached hydrogens (tertiary/aromatic N) is 2. The monoisotopic (exact) mass is 497 g/mol. The van der Waals surface area contributed by atoms with Gasteiger partial charge in [-0.15, -0.1) is 0 Å². The SMILES string of the molecule is CN(C)C(=O)C(=O)Nc1ccc(Cl)c(C(=O)N2CCC(Oc3ccc(C(F)(F)F)cc3)CC2)c1. The molecule has 0 aromatic heterocycles. The number of alkyl halides is 3. The first-order valence-electron chi connectivity index (χ1n) is 10.4. The standard InChI is InChI=1S/C23H23ClF3N3O4/c1-29(2)22(33)20(31)28-15-5-8-19(24)18(13-15)21(32)30-11-9-17(10-12-30)34-16-6-3-14(4-7-16)23(25,26)27/h3-8,13,17H,9-12H2,1-2H3,(H,28,31). The molecule has 34 heavy (non-hydrogen) atoms. The van der Waals surface area contributed by atoms with Crippen LogP contribution in [0.2, 0.25) is 5.02 Å². The molecule has 0 spiro atoms. The van der Waals surface area contributed by atoms with E-state index in [0.29, 0.717) is 31.7 Å². The number of halogens is 4. The second kappa shape index (κ2) is 10.3. The van der Waals surface area contributed by atoms with Crippen LogP contribution < -0.4 is 10.1 Å². The van der Waals surface area contributed by atoms with E-state index in [1.807, 2.05) is 0 Å². The lowest BCUT2D eigenvalue weighted by molar-refractivity contribution is -0.141. The molecule has 7 nitrogen and oxygen atoms in total. The summed E-state index contributed by atoms with van der Waals surface area (Å²) in [4.78, 5) is 39.5. The molecule has 1 aliphatic rings. The molecule has 0 aliphatic carbocycles. The second-order valence-corrected chi connectivity index (χ2v) is 8.39. The highest BCUT2D eigenvalue weighted by Gasteiger charge is 2.30. The van der Waals surface area contributed by atoms with Gasteiger partial charge >= 0.3 is 18.0 Å². The highest BCUT2D eigenvalue weighted by molar-refractivity contribution is 6.39. The molecule has 1 fully saturated rings. The topological polar surface area (TPSA) is 79.0 Å². The molecule has 11 heteroatoms. The minimum atomic E-state index is -4.41. The number of carbonyl (C=O) groups excluding carboxylic acids is 3. The molecule has 1 aliphatic heterocycles. The first-order valence-corrected chi connectivity index (χ1v) is 10.8. The first kappa shape index (κ1) is 25.4. The predicted molar refractivity (Wildman–Crippen MR) is 120 cm³/mol. The van der Waals surface area contributed by atoms with E-state index in [1.165, 1.54) is 44.4 Å². The summed E-state index contributed by atoms with van der Waals surface area (Å²) in [5.41, 5.74) is -0.311. The van der Waals surface area contributed by atoms with Crippen LogP contribution in [0.25, 0.3) is 0 Å². The van der Waals surface area contributed by atoms with E-state index in [9.17, 15) is 27.6 Å². The van der Waals surface area contributed by atoms with E-state index < -0.39 is 23.6 Å². The van der Waals surface area contributed by atoms with E-state index in [-0.39, 0.29) is 28.3 Å². The third-order valence-electron chi connectivity index (χ3n) is 5.27. The van der Waals surface area contributed by atoms with E-state index in [4.69, 9.17) is 16.3 Å². The number of anilines is 1. The van der Waals surface area contributed by atoms with Crippen LogP contribution in [0.4, 0.5) is 18.9 Å². The maximum Gasteiger partial charge on any atom is 0.416 e. The molecule has 1 saturated heterocycles. The summed E-state index contributed by atoms with van der Waals surface area (Å²) < 4.78 is 43.9. The molecule has 1 N–H and O–H groups in total. The van der Waals surface area contributed by atoms with Gasteiger partial charge in [0.2, 0.25) is 0 Å². The van der Waals surface area contributed by atoms with E-state index in [2.05, 4.69) is 5.32 Å². The van der Waals surface area contributed by atoms with Crippen LogP contribution in [0.15, 0.2) is 42.5 Å². The predicted octanol–water partition coefficient (Wildman–Crippen LogP) is 4.07. The third kappa shape index (κ3) is 6.19. The van der Waals surface area contributed by atoms with Crippen molar-refractivity contribution in [1.29, 1.82) is 0 Å². The molecule has 1 heterocycles. The highest BCUT2D eigenvalue weighted by Crippen LogP contribution is 2.31. The highest BCUT2D eigenvalue weighted by atomic mass is 35.5. The number of likely N-dealkylation sites (tertiary alicyclic amines) is 1. The van der Waals surface area contributed by atoms with Gasteiger partial charge in [0, 0.05) is 45.7 Å². The Labute approximate surface area is 199 Å². The molecule has 3 amide bonds. The van der Waals surface area contributed by atoms with Crippen molar-refractivity contribution in [3.05, 3.63) is 58.6 Å². The average molecular weight is 498 g/mol.